The van der Waals surface area contributed by atoms with Crippen molar-refractivity contribution >= 4 is 17.7 Å². The Kier molecular flexibility index (Phi) is 7.41. The summed E-state index contributed by atoms with van der Waals surface area (Å²) < 4.78 is 11.1. The van der Waals surface area contributed by atoms with Crippen molar-refractivity contribution in [2.45, 2.75) is 50.1 Å². The Hall–Kier alpha value is -2.76. The van der Waals surface area contributed by atoms with Crippen molar-refractivity contribution in [2.75, 3.05) is 14.1 Å². The molecule has 0 radical (unpaired) electrons. The number of ether oxygens (including phenoxy) is 1. The molecule has 4 rings (SSSR count). The van der Waals surface area contributed by atoms with Gasteiger partial charge >= 0.3 is 6.09 Å². The van der Waals surface area contributed by atoms with Crippen molar-refractivity contribution < 1.29 is 13.9 Å². The average Bonchev–Trinajstić information content (AvgIpc) is 3.23. The van der Waals surface area contributed by atoms with Gasteiger partial charge in [0.05, 0.1) is 0 Å². The maximum absolute atomic E-state index is 12.5. The molecule has 0 spiro atoms. The first-order valence-corrected chi connectivity index (χ1v) is 11.8. The Labute approximate surface area is 200 Å². The largest absolute Gasteiger partial charge is 0.430 e. The van der Waals surface area contributed by atoms with Gasteiger partial charge in [-0.15, -0.1) is 0 Å². The van der Waals surface area contributed by atoms with Crippen LogP contribution in [-0.2, 0) is 12.8 Å². The van der Waals surface area contributed by atoms with Gasteiger partial charge in [-0.2, -0.15) is 0 Å². The number of hydrogen-bond donors (Lipinski definition) is 1. The highest BCUT2D eigenvalue weighted by Gasteiger charge is 2.37. The van der Waals surface area contributed by atoms with Crippen molar-refractivity contribution in [3.63, 3.8) is 0 Å². The predicted molar refractivity (Wildman–Crippen MR) is 131 cm³/mol. The number of likely N-dealkylation sites (N-methyl/N-ethyl adjacent to an activating group) is 1. The molecule has 1 saturated carbocycles. The lowest BCUT2D eigenvalue weighted by atomic mass is 9.75. The van der Waals surface area contributed by atoms with Crippen molar-refractivity contribution in [1.29, 1.82) is 0 Å². The maximum atomic E-state index is 12.5. The van der Waals surface area contributed by atoms with E-state index in [1.807, 2.05) is 48.5 Å². The van der Waals surface area contributed by atoms with Gasteiger partial charge < -0.3 is 19.4 Å². The average molecular weight is 467 g/mol. The predicted octanol–water partition coefficient (Wildman–Crippen LogP) is 6.10. The van der Waals surface area contributed by atoms with Crippen LogP contribution in [0.2, 0.25) is 5.02 Å². The van der Waals surface area contributed by atoms with Crippen LogP contribution < -0.4 is 10.1 Å². The number of nitrogens with zero attached hydrogens (tertiary/aromatic N) is 1. The van der Waals surface area contributed by atoms with Crippen LogP contribution in [0.1, 0.15) is 42.6 Å². The molecule has 1 heterocycles. The Morgan fingerprint density at radius 1 is 1.03 bits per heavy atom. The fourth-order valence-corrected chi connectivity index (χ4v) is 4.78. The summed E-state index contributed by atoms with van der Waals surface area (Å²) in [4.78, 5) is 14.8. The highest BCUT2D eigenvalue weighted by molar-refractivity contribution is 6.30. The van der Waals surface area contributed by atoms with Gasteiger partial charge in [0, 0.05) is 29.1 Å². The first-order chi connectivity index (χ1) is 15.9. The third-order valence-corrected chi connectivity index (χ3v) is 6.94. The molecule has 1 aromatic heterocycles. The van der Waals surface area contributed by atoms with Crippen LogP contribution in [0.3, 0.4) is 0 Å². The molecule has 1 fully saturated rings. The van der Waals surface area contributed by atoms with Gasteiger partial charge in [0.1, 0.15) is 5.76 Å². The number of hydrogen-bond acceptors (Lipinski definition) is 4. The topological polar surface area (TPSA) is 54.7 Å². The summed E-state index contributed by atoms with van der Waals surface area (Å²) >= 11 is 6.05. The smallest absolute Gasteiger partial charge is 0.415 e. The second-order valence-corrected chi connectivity index (χ2v) is 9.55. The standard InChI is InChI=1S/C27H31ClN2O3/c1-30(2)27(19-21-8-10-22(28)11-9-21)16-14-23(15-17-27)29-26(31)33-25-13-12-24(32-25)18-20-6-4-3-5-7-20/h3-13,23H,14-19H2,1-2H3,(H,29,31). The number of halogens is 1. The zero-order valence-corrected chi connectivity index (χ0v) is 20.0. The second kappa shape index (κ2) is 10.4. The van der Waals surface area contributed by atoms with Crippen molar-refractivity contribution in [2.24, 2.45) is 0 Å². The molecule has 1 aliphatic carbocycles. The minimum absolute atomic E-state index is 0.0727. The lowest BCUT2D eigenvalue weighted by Crippen LogP contribution is -2.52. The summed E-state index contributed by atoms with van der Waals surface area (Å²) in [5, 5.41) is 3.77. The summed E-state index contributed by atoms with van der Waals surface area (Å²) in [7, 11) is 4.28. The molecule has 0 aliphatic heterocycles. The van der Waals surface area contributed by atoms with Gasteiger partial charge in [-0.3, -0.25) is 0 Å². The first-order valence-electron chi connectivity index (χ1n) is 11.4. The Bertz CT molecular complexity index is 1040. The molecule has 1 amide bonds. The van der Waals surface area contributed by atoms with E-state index in [1.54, 1.807) is 6.07 Å². The minimum Gasteiger partial charge on any atom is -0.430 e. The molecule has 1 aliphatic rings. The number of carbonyl (C=O) groups is 1. The van der Waals surface area contributed by atoms with E-state index in [2.05, 4.69) is 36.4 Å². The Morgan fingerprint density at radius 3 is 2.39 bits per heavy atom. The lowest BCUT2D eigenvalue weighted by molar-refractivity contribution is 0.0863. The maximum Gasteiger partial charge on any atom is 0.415 e. The molecular formula is C27H31ClN2O3. The summed E-state index contributed by atoms with van der Waals surface area (Å²) in [6.45, 7) is 0. The summed E-state index contributed by atoms with van der Waals surface area (Å²) in [6.07, 6.45) is 4.96. The number of amides is 1. The minimum atomic E-state index is -0.462. The van der Waals surface area contributed by atoms with Crippen LogP contribution >= 0.6 is 11.6 Å². The van der Waals surface area contributed by atoms with E-state index in [9.17, 15) is 4.79 Å². The molecule has 174 valence electrons. The van der Waals surface area contributed by atoms with Crippen LogP contribution in [0.5, 0.6) is 5.95 Å². The number of carbonyl (C=O) groups excluding carboxylic acids is 1. The SMILES string of the molecule is CN(C)C1(Cc2ccc(Cl)cc2)CCC(NC(=O)Oc2ccc(Cc3ccccc3)o2)CC1. The highest BCUT2D eigenvalue weighted by Crippen LogP contribution is 2.35. The Balaban J connectivity index is 1.28. The van der Waals surface area contributed by atoms with Gasteiger partial charge in [0.15, 0.2) is 0 Å². The van der Waals surface area contributed by atoms with Gasteiger partial charge in [0.25, 0.3) is 5.95 Å². The number of furan rings is 1. The molecule has 3 aromatic rings. The molecule has 6 heteroatoms. The second-order valence-electron chi connectivity index (χ2n) is 9.11. The molecule has 0 unspecified atom stereocenters. The normalized spacial score (nSPS) is 20.5. The van der Waals surface area contributed by atoms with Crippen molar-refractivity contribution in [3.8, 4) is 5.95 Å². The highest BCUT2D eigenvalue weighted by atomic mass is 35.5. The van der Waals surface area contributed by atoms with Crippen molar-refractivity contribution in [1.82, 2.24) is 10.2 Å². The summed E-state index contributed by atoms with van der Waals surface area (Å²) in [5.41, 5.74) is 2.50. The first kappa shape index (κ1) is 23.4. The van der Waals surface area contributed by atoms with Crippen LogP contribution in [-0.4, -0.2) is 36.7 Å². The van der Waals surface area contributed by atoms with Gasteiger partial charge in [-0.05, 0) is 75.5 Å². The van der Waals surface area contributed by atoms with Crippen LogP contribution in [0.25, 0.3) is 0 Å². The number of rotatable bonds is 7. The fraction of sp³-hybridized carbons (Fsp3) is 0.370. The quantitative estimate of drug-likeness (QED) is 0.457. The van der Waals surface area contributed by atoms with Crippen LogP contribution in [0.15, 0.2) is 71.1 Å². The molecular weight excluding hydrogens is 436 g/mol. The van der Waals surface area contributed by atoms with Crippen molar-refractivity contribution in [3.05, 3.63) is 88.6 Å². The zero-order valence-electron chi connectivity index (χ0n) is 19.2. The van der Waals surface area contributed by atoms with Gasteiger partial charge in [-0.25, -0.2) is 4.79 Å². The summed E-state index contributed by atoms with van der Waals surface area (Å²) in [6, 6.07) is 21.8. The lowest BCUT2D eigenvalue weighted by Gasteiger charge is -2.45. The molecule has 33 heavy (non-hydrogen) atoms. The van der Waals surface area contributed by atoms with E-state index in [0.717, 1.165) is 48.5 Å². The third kappa shape index (κ3) is 6.18. The molecule has 5 nitrogen and oxygen atoms in total. The van der Waals surface area contributed by atoms with Crippen LogP contribution in [0.4, 0.5) is 4.79 Å². The van der Waals surface area contributed by atoms with Gasteiger partial charge in [-0.1, -0.05) is 54.1 Å². The van der Waals surface area contributed by atoms with E-state index in [1.165, 1.54) is 5.56 Å². The third-order valence-electron chi connectivity index (χ3n) is 6.68. The molecule has 0 saturated heterocycles. The van der Waals surface area contributed by atoms with E-state index in [0.29, 0.717) is 6.42 Å². The van der Waals surface area contributed by atoms with E-state index in [4.69, 9.17) is 20.8 Å². The van der Waals surface area contributed by atoms with E-state index in [-0.39, 0.29) is 17.5 Å². The van der Waals surface area contributed by atoms with Gasteiger partial charge in [0.2, 0.25) is 0 Å². The fourth-order valence-electron chi connectivity index (χ4n) is 4.66. The van der Waals surface area contributed by atoms with Crippen LogP contribution in [0, 0.1) is 0 Å². The molecule has 0 atom stereocenters. The Morgan fingerprint density at radius 2 is 1.73 bits per heavy atom. The van der Waals surface area contributed by atoms with E-state index < -0.39 is 6.09 Å². The number of benzene rings is 2. The molecule has 1 N–H and O–H groups in total. The summed E-state index contributed by atoms with van der Waals surface area (Å²) in [5.74, 6) is 0.985. The monoisotopic (exact) mass is 466 g/mol. The molecule has 2 aromatic carbocycles. The zero-order chi connectivity index (χ0) is 23.3. The number of nitrogens with one attached hydrogen (secondary N) is 1. The van der Waals surface area contributed by atoms with E-state index >= 15 is 0 Å². The molecule has 0 bridgehead atoms.